The van der Waals surface area contributed by atoms with Crippen LogP contribution in [0, 0.1) is 26.0 Å². The number of hydrogen-bond acceptors (Lipinski definition) is 3. The molecule has 0 aliphatic rings. The van der Waals surface area contributed by atoms with Crippen LogP contribution in [0.2, 0.25) is 0 Å². The third kappa shape index (κ3) is 6.49. The van der Waals surface area contributed by atoms with Crippen molar-refractivity contribution in [1.82, 2.24) is 19.3 Å². The molecule has 0 amide bonds. The fourth-order valence-corrected chi connectivity index (χ4v) is 6.55. The first-order valence-corrected chi connectivity index (χ1v) is 16.7. The number of ether oxygens (including phenoxy) is 1. The van der Waals surface area contributed by atoms with Crippen molar-refractivity contribution in [2.75, 3.05) is 0 Å². The van der Waals surface area contributed by atoms with Gasteiger partial charge in [0, 0.05) is 34.5 Å². The summed E-state index contributed by atoms with van der Waals surface area (Å²) in [5, 5.41) is 7.20. The third-order valence-corrected chi connectivity index (χ3v) is 9.00. The van der Waals surface area contributed by atoms with Gasteiger partial charge in [-0.05, 0) is 78.6 Å². The van der Waals surface area contributed by atoms with Gasteiger partial charge in [-0.1, -0.05) is 81.6 Å². The molecule has 0 radical (unpaired) electrons. The Kier molecular flexibility index (Phi) is 9.98. The van der Waals surface area contributed by atoms with E-state index >= 15 is 0 Å². The average molecular weight is 812 g/mol. The molecule has 0 N–H and O–H groups in total. The molecule has 6 heteroatoms. The van der Waals surface area contributed by atoms with Crippen LogP contribution in [0.15, 0.2) is 97.2 Å². The summed E-state index contributed by atoms with van der Waals surface area (Å²) in [5.74, 6) is 2.56. The van der Waals surface area contributed by atoms with E-state index in [0.717, 1.165) is 56.9 Å². The Morgan fingerprint density at radius 3 is 2.42 bits per heavy atom. The molecule has 7 aromatic rings. The van der Waals surface area contributed by atoms with Crippen molar-refractivity contribution in [3.05, 3.63) is 132 Å². The van der Waals surface area contributed by atoms with Crippen LogP contribution in [-0.2, 0) is 27.5 Å². The van der Waals surface area contributed by atoms with E-state index in [4.69, 9.17) is 14.8 Å². The molecular formula is C42H40N4OPt. The van der Waals surface area contributed by atoms with Crippen LogP contribution < -0.4 is 4.74 Å². The van der Waals surface area contributed by atoms with Gasteiger partial charge in [-0.2, -0.15) is 17.2 Å². The Balaban J connectivity index is 0.00000401. The second-order valence-corrected chi connectivity index (χ2v) is 12.7. The summed E-state index contributed by atoms with van der Waals surface area (Å²) in [7, 11) is 0. The van der Waals surface area contributed by atoms with E-state index in [0.29, 0.717) is 17.4 Å². The molecule has 0 spiro atoms. The minimum absolute atomic E-state index is 0. The maximum Gasteiger partial charge on any atom is 2.00 e. The molecule has 4 aromatic carbocycles. The van der Waals surface area contributed by atoms with Crippen molar-refractivity contribution in [3.8, 4) is 34.1 Å². The smallest absolute Gasteiger partial charge is 0.509 e. The standard InChI is InChI=1S/C42H40N4O.Pt/c1-6-7-9-13-31-22-23-43-41(24-31)45-39-21-18-33(28(2)3)25-38(39)37-20-19-36(27-40(37)45)47-35-17-12-16-34(26-35)46-30(5)42(29(4)44-46)32-14-10-8-11-15-32;/h8,10-12,14-25,28H,6-7,9,13H2,1-5H3;/q-2;+2. The van der Waals surface area contributed by atoms with Gasteiger partial charge < -0.3 is 9.30 Å². The van der Waals surface area contributed by atoms with Crippen LogP contribution in [0.4, 0.5) is 0 Å². The fourth-order valence-electron chi connectivity index (χ4n) is 6.55. The predicted molar refractivity (Wildman–Crippen MR) is 192 cm³/mol. The monoisotopic (exact) mass is 811 g/mol. The van der Waals surface area contributed by atoms with Crippen molar-refractivity contribution >= 4 is 21.8 Å². The summed E-state index contributed by atoms with van der Waals surface area (Å²) in [5.41, 5.74) is 9.82. The molecule has 0 aliphatic heterocycles. The van der Waals surface area contributed by atoms with Crippen LogP contribution in [0.1, 0.15) is 68.5 Å². The van der Waals surface area contributed by atoms with Gasteiger partial charge in [0.1, 0.15) is 5.82 Å². The second kappa shape index (κ2) is 14.3. The predicted octanol–water partition coefficient (Wildman–Crippen LogP) is 10.9. The molecule has 0 aliphatic carbocycles. The van der Waals surface area contributed by atoms with Crippen LogP contribution in [0.25, 0.3) is 44.4 Å². The van der Waals surface area contributed by atoms with Crippen LogP contribution >= 0.6 is 0 Å². The quantitative estimate of drug-likeness (QED) is 0.102. The number of nitrogens with zero attached hydrogens (tertiary/aromatic N) is 4. The summed E-state index contributed by atoms with van der Waals surface area (Å²) in [4.78, 5) is 4.85. The van der Waals surface area contributed by atoms with Gasteiger partial charge in [-0.25, -0.2) is 4.98 Å². The molecular weight excluding hydrogens is 772 g/mol. The number of fused-ring (bicyclic) bond motifs is 3. The summed E-state index contributed by atoms with van der Waals surface area (Å²) < 4.78 is 10.6. The zero-order valence-electron chi connectivity index (χ0n) is 28.2. The minimum atomic E-state index is 0. The van der Waals surface area contributed by atoms with Crippen LogP contribution in [0.5, 0.6) is 11.5 Å². The molecule has 0 saturated heterocycles. The molecule has 3 heterocycles. The van der Waals surface area contributed by atoms with Crippen molar-refractivity contribution in [2.45, 2.75) is 66.2 Å². The molecule has 244 valence electrons. The Morgan fingerprint density at radius 2 is 1.62 bits per heavy atom. The number of unbranched alkanes of at least 4 members (excludes halogenated alkanes) is 2. The minimum Gasteiger partial charge on any atom is -0.509 e. The Morgan fingerprint density at radius 1 is 0.812 bits per heavy atom. The van der Waals surface area contributed by atoms with E-state index in [1.54, 1.807) is 0 Å². The first kappa shape index (κ1) is 33.4. The first-order valence-electron chi connectivity index (χ1n) is 16.7. The average Bonchev–Trinajstić information content (AvgIpc) is 3.57. The van der Waals surface area contributed by atoms with E-state index in [-0.39, 0.29) is 21.1 Å². The van der Waals surface area contributed by atoms with Crippen molar-refractivity contribution < 1.29 is 25.8 Å². The molecule has 48 heavy (non-hydrogen) atoms. The maximum absolute atomic E-state index is 6.46. The fraction of sp³-hybridized carbons (Fsp3) is 0.238. The Bertz CT molecular complexity index is 2200. The van der Waals surface area contributed by atoms with Crippen molar-refractivity contribution in [3.63, 3.8) is 0 Å². The number of hydrogen-bond donors (Lipinski definition) is 0. The Labute approximate surface area is 297 Å². The molecule has 7 rings (SSSR count). The van der Waals surface area contributed by atoms with Gasteiger partial charge >= 0.3 is 21.1 Å². The summed E-state index contributed by atoms with van der Waals surface area (Å²) in [6.45, 7) is 10.9. The molecule has 5 nitrogen and oxygen atoms in total. The first-order chi connectivity index (χ1) is 22.9. The van der Waals surface area contributed by atoms with E-state index in [1.807, 2.05) is 41.2 Å². The Hall–Kier alpha value is -4.47. The number of rotatable bonds is 10. The van der Waals surface area contributed by atoms with Gasteiger partial charge in [0.05, 0.1) is 5.69 Å². The van der Waals surface area contributed by atoms with Crippen molar-refractivity contribution in [2.24, 2.45) is 0 Å². The normalized spacial score (nSPS) is 11.4. The third-order valence-electron chi connectivity index (χ3n) is 9.00. The summed E-state index contributed by atoms with van der Waals surface area (Å²) in [6.07, 6.45) is 6.59. The van der Waals surface area contributed by atoms with E-state index < -0.39 is 0 Å². The number of benzene rings is 4. The zero-order valence-corrected chi connectivity index (χ0v) is 30.4. The molecule has 0 fully saturated rings. The molecule has 0 bridgehead atoms. The number of aromatic nitrogens is 4. The van der Waals surface area contributed by atoms with Crippen LogP contribution in [0.3, 0.4) is 0 Å². The van der Waals surface area contributed by atoms with Gasteiger partial charge in [-0.3, -0.25) is 4.68 Å². The molecule has 3 aromatic heterocycles. The van der Waals surface area contributed by atoms with Crippen LogP contribution in [-0.4, -0.2) is 19.3 Å². The number of pyridine rings is 1. The van der Waals surface area contributed by atoms with E-state index in [1.165, 1.54) is 35.8 Å². The van der Waals surface area contributed by atoms with E-state index in [9.17, 15) is 0 Å². The molecule has 0 unspecified atom stereocenters. The van der Waals surface area contributed by atoms with Crippen molar-refractivity contribution in [1.29, 1.82) is 0 Å². The SMILES string of the molecule is CCCCCc1ccnc(-n2c3[c-]c(Oc4[c-]c(-n5nc(C)c(-c6ccccc6)c5C)ccc4)ccc3c3cc(C(C)C)ccc32)c1.[Pt+2]. The second-order valence-electron chi connectivity index (χ2n) is 12.7. The largest absolute Gasteiger partial charge is 2.00 e. The maximum atomic E-state index is 6.46. The summed E-state index contributed by atoms with van der Waals surface area (Å²) in [6, 6.07) is 38.7. The molecule has 0 saturated carbocycles. The zero-order chi connectivity index (χ0) is 32.5. The number of aryl methyl sites for hydroxylation is 2. The topological polar surface area (TPSA) is 44.9 Å². The van der Waals surface area contributed by atoms with Gasteiger partial charge in [-0.15, -0.1) is 35.7 Å². The van der Waals surface area contributed by atoms with Gasteiger partial charge in [0.25, 0.3) is 0 Å². The molecule has 0 atom stereocenters. The van der Waals surface area contributed by atoms with Gasteiger partial charge in [0.15, 0.2) is 0 Å². The summed E-state index contributed by atoms with van der Waals surface area (Å²) >= 11 is 0. The van der Waals surface area contributed by atoms with E-state index in [2.05, 4.69) is 112 Å². The van der Waals surface area contributed by atoms with Gasteiger partial charge in [0.2, 0.25) is 0 Å².